The van der Waals surface area contributed by atoms with Gasteiger partial charge in [-0.15, -0.1) is 0 Å². The molecule has 2 atom stereocenters. The van der Waals surface area contributed by atoms with E-state index in [1.807, 2.05) is 0 Å². The van der Waals surface area contributed by atoms with E-state index >= 15 is 0 Å². The highest BCUT2D eigenvalue weighted by molar-refractivity contribution is 9.10. The van der Waals surface area contributed by atoms with Gasteiger partial charge in [-0.1, -0.05) is 26.7 Å². The van der Waals surface area contributed by atoms with Gasteiger partial charge >= 0.3 is 0 Å². The minimum atomic E-state index is -0.563. The molecule has 0 heterocycles. The van der Waals surface area contributed by atoms with Crippen molar-refractivity contribution in [1.29, 1.82) is 0 Å². The summed E-state index contributed by atoms with van der Waals surface area (Å²) in [5.74, 6) is 0.0441. The quantitative estimate of drug-likeness (QED) is 0.735. The van der Waals surface area contributed by atoms with Gasteiger partial charge in [0.25, 0.3) is 0 Å². The van der Waals surface area contributed by atoms with Crippen LogP contribution in [0, 0.1) is 23.5 Å². The lowest BCUT2D eigenvalue weighted by atomic mass is 9.78. The SMILES string of the molecule is CC(C)C1CCCCC1Nc1cc(Br)c(F)cc1F. The average molecular weight is 332 g/mol. The summed E-state index contributed by atoms with van der Waals surface area (Å²) in [6, 6.07) is 2.71. The van der Waals surface area contributed by atoms with E-state index in [4.69, 9.17) is 0 Å². The number of halogens is 3. The van der Waals surface area contributed by atoms with E-state index in [1.54, 1.807) is 0 Å². The van der Waals surface area contributed by atoms with Gasteiger partial charge in [-0.25, -0.2) is 8.78 Å². The van der Waals surface area contributed by atoms with Crippen LogP contribution in [0.4, 0.5) is 14.5 Å². The van der Waals surface area contributed by atoms with Gasteiger partial charge in [-0.2, -0.15) is 0 Å². The van der Waals surface area contributed by atoms with Gasteiger partial charge in [0.1, 0.15) is 11.6 Å². The smallest absolute Gasteiger partial charge is 0.149 e. The van der Waals surface area contributed by atoms with Crippen molar-refractivity contribution in [1.82, 2.24) is 0 Å². The number of benzene rings is 1. The van der Waals surface area contributed by atoms with Crippen molar-refractivity contribution in [2.45, 2.75) is 45.6 Å². The second-order valence-electron chi connectivity index (χ2n) is 5.69. The highest BCUT2D eigenvalue weighted by Crippen LogP contribution is 2.33. The molecule has 19 heavy (non-hydrogen) atoms. The minimum Gasteiger partial charge on any atom is -0.380 e. The molecule has 2 unspecified atom stereocenters. The zero-order valence-corrected chi connectivity index (χ0v) is 12.9. The van der Waals surface area contributed by atoms with Crippen molar-refractivity contribution in [2.75, 3.05) is 5.32 Å². The van der Waals surface area contributed by atoms with E-state index in [-0.39, 0.29) is 6.04 Å². The predicted octanol–water partition coefficient (Wildman–Crippen LogP) is 5.35. The zero-order valence-electron chi connectivity index (χ0n) is 11.3. The van der Waals surface area contributed by atoms with Crippen LogP contribution in [0.3, 0.4) is 0 Å². The van der Waals surface area contributed by atoms with Gasteiger partial charge in [0.15, 0.2) is 0 Å². The Hall–Kier alpha value is -0.640. The van der Waals surface area contributed by atoms with Crippen LogP contribution >= 0.6 is 15.9 Å². The van der Waals surface area contributed by atoms with E-state index < -0.39 is 11.6 Å². The first-order chi connectivity index (χ1) is 8.99. The fourth-order valence-corrected chi connectivity index (χ4v) is 3.31. The third-order valence-electron chi connectivity index (χ3n) is 4.03. The van der Waals surface area contributed by atoms with E-state index in [2.05, 4.69) is 35.1 Å². The van der Waals surface area contributed by atoms with Gasteiger partial charge < -0.3 is 5.32 Å². The molecule has 1 aromatic carbocycles. The first kappa shape index (κ1) is 14.8. The molecule has 1 N–H and O–H groups in total. The lowest BCUT2D eigenvalue weighted by Crippen LogP contribution is -2.35. The van der Waals surface area contributed by atoms with Crippen LogP contribution in [0.15, 0.2) is 16.6 Å². The molecule has 1 saturated carbocycles. The van der Waals surface area contributed by atoms with Crippen molar-refractivity contribution < 1.29 is 8.78 Å². The summed E-state index contributed by atoms with van der Waals surface area (Å²) in [5.41, 5.74) is 0.394. The number of anilines is 1. The van der Waals surface area contributed by atoms with Crippen molar-refractivity contribution in [3.05, 3.63) is 28.2 Å². The standard InChI is InChI=1S/C15H20BrF2N/c1-9(2)10-5-3-4-6-14(10)19-15-7-11(16)12(17)8-13(15)18/h7-10,14,19H,3-6H2,1-2H3. The first-order valence-corrected chi connectivity index (χ1v) is 7.69. The zero-order chi connectivity index (χ0) is 14.0. The predicted molar refractivity (Wildman–Crippen MR) is 78.3 cm³/mol. The monoisotopic (exact) mass is 331 g/mol. The van der Waals surface area contributed by atoms with E-state index in [9.17, 15) is 8.78 Å². The maximum absolute atomic E-state index is 13.8. The first-order valence-electron chi connectivity index (χ1n) is 6.90. The van der Waals surface area contributed by atoms with Crippen LogP contribution in [0.25, 0.3) is 0 Å². The van der Waals surface area contributed by atoms with Crippen LogP contribution in [0.2, 0.25) is 0 Å². The number of hydrogen-bond donors (Lipinski definition) is 1. The third kappa shape index (κ3) is 3.47. The summed E-state index contributed by atoms with van der Waals surface area (Å²) in [4.78, 5) is 0. The van der Waals surface area contributed by atoms with E-state index in [1.165, 1.54) is 25.3 Å². The van der Waals surface area contributed by atoms with Crippen LogP contribution in [-0.4, -0.2) is 6.04 Å². The van der Waals surface area contributed by atoms with E-state index in [0.29, 0.717) is 22.0 Å². The molecule has 1 fully saturated rings. The molecule has 4 heteroatoms. The molecule has 0 saturated heterocycles. The maximum Gasteiger partial charge on any atom is 0.149 e. The Bertz CT molecular complexity index is 448. The molecule has 1 nitrogen and oxygen atoms in total. The average Bonchev–Trinajstić information content (AvgIpc) is 2.36. The summed E-state index contributed by atoms with van der Waals surface area (Å²) in [6.07, 6.45) is 4.65. The van der Waals surface area contributed by atoms with Gasteiger partial charge in [-0.05, 0) is 46.7 Å². The summed E-state index contributed by atoms with van der Waals surface area (Å²) in [5, 5.41) is 3.28. The molecule has 0 aliphatic heterocycles. The Balaban J connectivity index is 2.17. The molecule has 0 radical (unpaired) electrons. The molecule has 1 aromatic rings. The molecule has 2 rings (SSSR count). The van der Waals surface area contributed by atoms with Crippen LogP contribution < -0.4 is 5.32 Å². The van der Waals surface area contributed by atoms with Gasteiger partial charge in [0, 0.05) is 12.1 Å². The largest absolute Gasteiger partial charge is 0.380 e. The van der Waals surface area contributed by atoms with Crippen LogP contribution in [-0.2, 0) is 0 Å². The minimum absolute atomic E-state index is 0.278. The van der Waals surface area contributed by atoms with Crippen molar-refractivity contribution in [3.63, 3.8) is 0 Å². The number of rotatable bonds is 3. The Kier molecular flexibility index (Phi) is 4.82. The second kappa shape index (κ2) is 6.21. The lowest BCUT2D eigenvalue weighted by molar-refractivity contribution is 0.253. The molecule has 1 aliphatic carbocycles. The molecular formula is C15H20BrF2N. The summed E-state index contributed by atoms with van der Waals surface area (Å²) in [6.45, 7) is 4.42. The Morgan fingerprint density at radius 2 is 1.84 bits per heavy atom. The maximum atomic E-state index is 13.8. The fraction of sp³-hybridized carbons (Fsp3) is 0.600. The molecule has 0 spiro atoms. The highest BCUT2D eigenvalue weighted by Gasteiger charge is 2.28. The van der Waals surface area contributed by atoms with Crippen molar-refractivity contribution in [2.24, 2.45) is 11.8 Å². The normalized spacial score (nSPS) is 23.7. The molecule has 0 bridgehead atoms. The lowest BCUT2D eigenvalue weighted by Gasteiger charge is -2.35. The van der Waals surface area contributed by atoms with Crippen molar-refractivity contribution in [3.8, 4) is 0 Å². The topological polar surface area (TPSA) is 12.0 Å². The molecular weight excluding hydrogens is 312 g/mol. The highest BCUT2D eigenvalue weighted by atomic mass is 79.9. The van der Waals surface area contributed by atoms with Gasteiger partial charge in [0.05, 0.1) is 10.2 Å². The molecule has 1 aliphatic rings. The van der Waals surface area contributed by atoms with Gasteiger partial charge in [0.2, 0.25) is 0 Å². The summed E-state index contributed by atoms with van der Waals surface area (Å²) in [7, 11) is 0. The van der Waals surface area contributed by atoms with Crippen molar-refractivity contribution >= 4 is 21.6 Å². The summed E-state index contributed by atoms with van der Waals surface area (Å²) < 4.78 is 27.3. The fourth-order valence-electron chi connectivity index (χ4n) is 2.97. The molecule has 0 amide bonds. The number of hydrogen-bond acceptors (Lipinski definition) is 1. The van der Waals surface area contributed by atoms with Gasteiger partial charge in [-0.3, -0.25) is 0 Å². The third-order valence-corrected chi connectivity index (χ3v) is 4.63. The summed E-state index contributed by atoms with van der Waals surface area (Å²) >= 11 is 3.11. The Morgan fingerprint density at radius 1 is 1.16 bits per heavy atom. The Morgan fingerprint density at radius 3 is 2.53 bits per heavy atom. The molecule has 0 aromatic heterocycles. The van der Waals surface area contributed by atoms with E-state index in [0.717, 1.165) is 12.5 Å². The number of nitrogens with one attached hydrogen (secondary N) is 1. The van der Waals surface area contributed by atoms with Crippen LogP contribution in [0.1, 0.15) is 39.5 Å². The second-order valence-corrected chi connectivity index (χ2v) is 6.54. The van der Waals surface area contributed by atoms with Crippen LogP contribution in [0.5, 0.6) is 0 Å². The molecule has 106 valence electrons. The Labute approximate surface area is 121 Å².